The Morgan fingerprint density at radius 3 is 2.07 bits per heavy atom. The zero-order chi connectivity index (χ0) is 20.9. The molecule has 0 aliphatic carbocycles. The van der Waals surface area contributed by atoms with Crippen LogP contribution in [-0.4, -0.2) is 26.1 Å². The first kappa shape index (κ1) is 22.1. The summed E-state index contributed by atoms with van der Waals surface area (Å²) in [5.74, 6) is -0.153. The van der Waals surface area contributed by atoms with Crippen LogP contribution in [0.4, 0.5) is 5.69 Å². The first-order chi connectivity index (χ1) is 13.0. The van der Waals surface area contributed by atoms with Gasteiger partial charge in [-0.3, -0.25) is 4.79 Å². The molecule has 0 aliphatic heterocycles. The molecule has 2 rings (SSSR count). The molecule has 0 atom stereocenters. The van der Waals surface area contributed by atoms with Gasteiger partial charge in [0.05, 0.1) is 5.25 Å². The number of hydrogen-bond donors (Lipinski definition) is 2. The Labute approximate surface area is 168 Å². The van der Waals surface area contributed by atoms with Crippen LogP contribution in [0.25, 0.3) is 0 Å². The largest absolute Gasteiger partial charge is 0.322 e. The Morgan fingerprint density at radius 2 is 1.57 bits per heavy atom. The van der Waals surface area contributed by atoms with Crippen molar-refractivity contribution in [2.45, 2.75) is 51.7 Å². The minimum Gasteiger partial charge on any atom is -0.322 e. The molecule has 0 saturated heterocycles. The minimum absolute atomic E-state index is 0.153. The summed E-state index contributed by atoms with van der Waals surface area (Å²) in [5.41, 5.74) is 3.12. The van der Waals surface area contributed by atoms with Gasteiger partial charge < -0.3 is 5.32 Å². The zero-order valence-corrected chi connectivity index (χ0v) is 18.1. The number of sulfonamides is 1. The molecule has 152 valence electrons. The van der Waals surface area contributed by atoms with E-state index < -0.39 is 15.3 Å². The SMILES string of the molecule is CCc1ccc(C(=O)Nc2ccc(C(C)(C)CNS(=O)(=O)C(C)C)cc2)cc1. The van der Waals surface area contributed by atoms with E-state index in [2.05, 4.69) is 17.0 Å². The lowest BCUT2D eigenvalue weighted by molar-refractivity contribution is 0.102. The Hall–Kier alpha value is -2.18. The molecule has 2 N–H and O–H groups in total. The lowest BCUT2D eigenvalue weighted by Crippen LogP contribution is -2.39. The van der Waals surface area contributed by atoms with Crippen molar-refractivity contribution in [2.24, 2.45) is 0 Å². The van der Waals surface area contributed by atoms with Crippen LogP contribution in [0.2, 0.25) is 0 Å². The van der Waals surface area contributed by atoms with Crippen LogP contribution in [0.1, 0.15) is 56.1 Å². The minimum atomic E-state index is -3.31. The van der Waals surface area contributed by atoms with Gasteiger partial charge in [0.1, 0.15) is 0 Å². The maximum atomic E-state index is 12.4. The van der Waals surface area contributed by atoms with E-state index in [0.29, 0.717) is 17.8 Å². The molecule has 0 spiro atoms. The van der Waals surface area contributed by atoms with E-state index in [9.17, 15) is 13.2 Å². The van der Waals surface area contributed by atoms with Crippen molar-refractivity contribution in [1.29, 1.82) is 0 Å². The van der Waals surface area contributed by atoms with E-state index in [-0.39, 0.29) is 11.3 Å². The summed E-state index contributed by atoms with van der Waals surface area (Å²) in [6.07, 6.45) is 0.937. The number of benzene rings is 2. The van der Waals surface area contributed by atoms with Gasteiger partial charge in [0.25, 0.3) is 5.91 Å². The van der Waals surface area contributed by atoms with Crippen LogP contribution in [0.3, 0.4) is 0 Å². The molecule has 1 amide bonds. The number of nitrogens with one attached hydrogen (secondary N) is 2. The van der Waals surface area contributed by atoms with Gasteiger partial charge in [-0.15, -0.1) is 0 Å². The molecule has 0 aliphatic rings. The molecule has 0 aromatic heterocycles. The number of carbonyl (C=O) groups excluding carboxylic acids is 1. The average molecular weight is 403 g/mol. The second-order valence-corrected chi connectivity index (χ2v) is 10.2. The Kier molecular flexibility index (Phi) is 7.01. The summed E-state index contributed by atoms with van der Waals surface area (Å²) >= 11 is 0. The molecule has 0 radical (unpaired) electrons. The van der Waals surface area contributed by atoms with Crippen LogP contribution >= 0.6 is 0 Å². The molecular weight excluding hydrogens is 372 g/mol. The van der Waals surface area contributed by atoms with Crippen molar-refractivity contribution in [3.05, 3.63) is 65.2 Å². The van der Waals surface area contributed by atoms with E-state index in [0.717, 1.165) is 12.0 Å². The lowest BCUT2D eigenvalue weighted by atomic mass is 9.85. The van der Waals surface area contributed by atoms with Crippen LogP contribution in [0.15, 0.2) is 48.5 Å². The molecule has 5 nitrogen and oxygen atoms in total. The van der Waals surface area contributed by atoms with Crippen LogP contribution in [0.5, 0.6) is 0 Å². The van der Waals surface area contributed by atoms with Crippen LogP contribution in [-0.2, 0) is 21.9 Å². The summed E-state index contributed by atoms with van der Waals surface area (Å²) in [4.78, 5) is 12.4. The molecule has 28 heavy (non-hydrogen) atoms. The normalized spacial score (nSPS) is 12.2. The zero-order valence-electron chi connectivity index (χ0n) is 17.2. The highest BCUT2D eigenvalue weighted by Crippen LogP contribution is 2.24. The molecule has 0 fully saturated rings. The van der Waals surface area contributed by atoms with Crippen LogP contribution < -0.4 is 10.0 Å². The average Bonchev–Trinajstić information content (AvgIpc) is 2.67. The van der Waals surface area contributed by atoms with Crippen molar-refractivity contribution in [3.8, 4) is 0 Å². The highest BCUT2D eigenvalue weighted by molar-refractivity contribution is 7.90. The van der Waals surface area contributed by atoms with E-state index in [4.69, 9.17) is 0 Å². The molecule has 0 bridgehead atoms. The second-order valence-electron chi connectivity index (χ2n) is 7.88. The number of carbonyl (C=O) groups is 1. The Morgan fingerprint density at radius 1 is 1.00 bits per heavy atom. The van der Waals surface area contributed by atoms with Gasteiger partial charge in [-0.2, -0.15) is 0 Å². The van der Waals surface area contributed by atoms with E-state index in [1.165, 1.54) is 5.56 Å². The third-order valence-corrected chi connectivity index (χ3v) is 6.67. The maximum absolute atomic E-state index is 12.4. The van der Waals surface area contributed by atoms with Gasteiger partial charge in [-0.25, -0.2) is 13.1 Å². The predicted molar refractivity (Wildman–Crippen MR) is 115 cm³/mol. The molecule has 2 aromatic carbocycles. The molecule has 6 heteroatoms. The van der Waals surface area contributed by atoms with E-state index in [1.54, 1.807) is 13.8 Å². The third kappa shape index (κ3) is 5.66. The summed E-state index contributed by atoms with van der Waals surface area (Å²) in [6, 6.07) is 15.1. The fourth-order valence-electron chi connectivity index (χ4n) is 2.65. The first-order valence-electron chi connectivity index (χ1n) is 9.54. The summed E-state index contributed by atoms with van der Waals surface area (Å²) in [7, 11) is -3.31. The highest BCUT2D eigenvalue weighted by atomic mass is 32.2. The van der Waals surface area contributed by atoms with E-state index >= 15 is 0 Å². The molecule has 0 heterocycles. The molecule has 0 unspecified atom stereocenters. The molecule has 0 saturated carbocycles. The standard InChI is InChI=1S/C22H30N2O3S/c1-6-17-7-9-18(10-8-17)21(25)24-20-13-11-19(12-14-20)22(4,5)15-23-28(26,27)16(2)3/h7-14,16,23H,6,15H2,1-5H3,(H,24,25). The van der Waals surface area contributed by atoms with Crippen molar-refractivity contribution < 1.29 is 13.2 Å². The van der Waals surface area contributed by atoms with Crippen LogP contribution in [0, 0.1) is 0 Å². The smallest absolute Gasteiger partial charge is 0.255 e. The van der Waals surface area contributed by atoms with Gasteiger partial charge in [0.15, 0.2) is 0 Å². The Balaban J connectivity index is 2.04. The number of anilines is 1. The van der Waals surface area contributed by atoms with Crippen molar-refractivity contribution in [3.63, 3.8) is 0 Å². The van der Waals surface area contributed by atoms with Gasteiger partial charge in [0.2, 0.25) is 10.0 Å². The maximum Gasteiger partial charge on any atom is 0.255 e. The summed E-state index contributed by atoms with van der Waals surface area (Å²) in [6.45, 7) is 9.66. The van der Waals surface area contributed by atoms with Crippen molar-refractivity contribution in [2.75, 3.05) is 11.9 Å². The summed E-state index contributed by atoms with van der Waals surface area (Å²) < 4.78 is 26.7. The lowest BCUT2D eigenvalue weighted by Gasteiger charge is -2.26. The van der Waals surface area contributed by atoms with Crippen molar-refractivity contribution in [1.82, 2.24) is 4.72 Å². The number of hydrogen-bond acceptors (Lipinski definition) is 3. The summed E-state index contributed by atoms with van der Waals surface area (Å²) in [5, 5.41) is 2.43. The van der Waals surface area contributed by atoms with Gasteiger partial charge in [0, 0.05) is 23.2 Å². The number of rotatable bonds is 8. The quantitative estimate of drug-likeness (QED) is 0.698. The third-order valence-electron chi connectivity index (χ3n) is 4.88. The fraction of sp³-hybridized carbons (Fsp3) is 0.409. The highest BCUT2D eigenvalue weighted by Gasteiger charge is 2.24. The monoisotopic (exact) mass is 402 g/mol. The number of amides is 1. The fourth-order valence-corrected chi connectivity index (χ4v) is 3.54. The van der Waals surface area contributed by atoms with Crippen molar-refractivity contribution >= 4 is 21.6 Å². The number of aryl methyl sites for hydroxylation is 1. The molecular formula is C22H30N2O3S. The van der Waals surface area contributed by atoms with E-state index in [1.807, 2.05) is 62.4 Å². The topological polar surface area (TPSA) is 75.3 Å². The van der Waals surface area contributed by atoms with Gasteiger partial charge in [-0.05, 0) is 55.7 Å². The predicted octanol–water partition coefficient (Wildman–Crippen LogP) is 4.11. The van der Waals surface area contributed by atoms with Gasteiger partial charge >= 0.3 is 0 Å². The van der Waals surface area contributed by atoms with Gasteiger partial charge in [-0.1, -0.05) is 45.0 Å². The first-order valence-corrected chi connectivity index (χ1v) is 11.1. The Bertz CT molecular complexity index is 900. The second kappa shape index (κ2) is 8.88. The molecule has 2 aromatic rings.